The van der Waals surface area contributed by atoms with Gasteiger partial charge in [-0.2, -0.15) is 0 Å². The van der Waals surface area contributed by atoms with E-state index < -0.39 is 0 Å². The van der Waals surface area contributed by atoms with E-state index in [-0.39, 0.29) is 5.31 Å². The molecule has 0 aliphatic heterocycles. The first-order valence-corrected chi connectivity index (χ1v) is 9.44. The van der Waals surface area contributed by atoms with Crippen LogP contribution in [0.5, 0.6) is 0 Å². The van der Waals surface area contributed by atoms with E-state index in [1.165, 1.54) is 19.3 Å². The minimum Gasteiger partial charge on any atom is -0.0713 e. The van der Waals surface area contributed by atoms with E-state index in [1.807, 2.05) is 0 Å². The van der Waals surface area contributed by atoms with Gasteiger partial charge in [0.1, 0.15) is 0 Å². The summed E-state index contributed by atoms with van der Waals surface area (Å²) in [6, 6.07) is 0. The van der Waals surface area contributed by atoms with E-state index in [2.05, 4.69) is 41.5 Å². The van der Waals surface area contributed by atoms with Crippen molar-refractivity contribution in [1.82, 2.24) is 0 Å². The zero-order valence-electron chi connectivity index (χ0n) is 14.9. The molecule has 0 spiro atoms. The highest BCUT2D eigenvalue weighted by molar-refractivity contribution is 6.14. The fourth-order valence-electron chi connectivity index (χ4n) is 8.52. The Labute approximate surface area is 133 Å². The van der Waals surface area contributed by atoms with E-state index in [0.717, 1.165) is 53.3 Å². The van der Waals surface area contributed by atoms with Crippen molar-refractivity contribution < 1.29 is 0 Å². The van der Waals surface area contributed by atoms with E-state index in [4.69, 9.17) is 7.85 Å². The summed E-state index contributed by atoms with van der Waals surface area (Å²) in [5.74, 6) is 8.93. The van der Waals surface area contributed by atoms with Crippen LogP contribution >= 0.6 is 0 Å². The Morgan fingerprint density at radius 3 is 2.33 bits per heavy atom. The molecule has 0 aromatic carbocycles. The van der Waals surface area contributed by atoms with Crippen molar-refractivity contribution in [3.63, 3.8) is 0 Å². The third kappa shape index (κ3) is 1.70. The highest BCUT2D eigenvalue weighted by atomic mass is 14.8. The van der Waals surface area contributed by atoms with Gasteiger partial charge in [0, 0.05) is 0 Å². The predicted octanol–water partition coefficient (Wildman–Crippen LogP) is 5.19. The predicted molar refractivity (Wildman–Crippen MR) is 90.2 cm³/mol. The molecule has 0 aromatic heterocycles. The van der Waals surface area contributed by atoms with Crippen LogP contribution in [0.1, 0.15) is 60.8 Å². The number of rotatable bonds is 2. The van der Waals surface area contributed by atoms with Gasteiger partial charge in [0.15, 0.2) is 0 Å². The van der Waals surface area contributed by atoms with Crippen LogP contribution in [0, 0.1) is 58.7 Å². The molecule has 4 aliphatic carbocycles. The van der Waals surface area contributed by atoms with Gasteiger partial charge in [0.05, 0.1) is 7.85 Å². The molecule has 21 heavy (non-hydrogen) atoms. The lowest BCUT2D eigenvalue weighted by Crippen LogP contribution is -2.57. The summed E-state index contributed by atoms with van der Waals surface area (Å²) in [5.41, 5.74) is 0.645. The second-order valence-electron chi connectivity index (χ2n) is 10.5. The summed E-state index contributed by atoms with van der Waals surface area (Å²) < 4.78 is 0. The maximum atomic E-state index is 6.39. The zero-order valence-corrected chi connectivity index (χ0v) is 14.9. The SMILES string of the molecule is [B]C(C)(C)CC1C(C)C2C3CC(C)(C4C(C)CC(C)C34)C12. The molecular formula is C20H33B. The highest BCUT2D eigenvalue weighted by Crippen LogP contribution is 2.79. The Balaban J connectivity index is 1.65. The maximum absolute atomic E-state index is 6.39. The van der Waals surface area contributed by atoms with Gasteiger partial charge in [-0.05, 0) is 71.5 Å². The lowest BCUT2D eigenvalue weighted by molar-refractivity contribution is -0.135. The van der Waals surface area contributed by atoms with Crippen LogP contribution in [-0.2, 0) is 0 Å². The van der Waals surface area contributed by atoms with Crippen molar-refractivity contribution in [2.45, 2.75) is 66.1 Å². The standard InChI is InChI=1S/C20H33B/c1-10-7-11(2)17-15(10)14-9-20(17,6)18-13(8-19(4,5)21)12(3)16(14)18/h10-18H,7-9H2,1-6H3. The first-order chi connectivity index (χ1) is 9.65. The van der Waals surface area contributed by atoms with Crippen molar-refractivity contribution in [1.29, 1.82) is 0 Å². The lowest BCUT2D eigenvalue weighted by Gasteiger charge is -2.61. The van der Waals surface area contributed by atoms with Crippen LogP contribution < -0.4 is 0 Å². The van der Waals surface area contributed by atoms with E-state index >= 15 is 0 Å². The first-order valence-electron chi connectivity index (χ1n) is 9.44. The fraction of sp³-hybridized carbons (Fsp3) is 1.00. The molecular weight excluding hydrogens is 251 g/mol. The molecule has 2 radical (unpaired) electrons. The van der Waals surface area contributed by atoms with Gasteiger partial charge in [0.2, 0.25) is 0 Å². The molecule has 4 aliphatic rings. The van der Waals surface area contributed by atoms with Crippen molar-refractivity contribution in [2.24, 2.45) is 58.7 Å². The van der Waals surface area contributed by atoms with Gasteiger partial charge in [-0.15, -0.1) is 0 Å². The van der Waals surface area contributed by atoms with Gasteiger partial charge in [-0.1, -0.05) is 53.3 Å². The summed E-state index contributed by atoms with van der Waals surface area (Å²) >= 11 is 0. The van der Waals surface area contributed by atoms with Crippen molar-refractivity contribution in [3.8, 4) is 0 Å². The van der Waals surface area contributed by atoms with Gasteiger partial charge < -0.3 is 0 Å². The smallest absolute Gasteiger partial charge is 0.0713 e. The van der Waals surface area contributed by atoms with Crippen molar-refractivity contribution in [3.05, 3.63) is 0 Å². The summed E-state index contributed by atoms with van der Waals surface area (Å²) in [6.07, 6.45) is 4.26. The Hall–Kier alpha value is 0.0649. The van der Waals surface area contributed by atoms with Crippen LogP contribution in [0.2, 0.25) is 5.31 Å². The normalized spacial score (nSPS) is 61.5. The van der Waals surface area contributed by atoms with E-state index in [0.29, 0.717) is 5.41 Å². The molecule has 0 amide bonds. The van der Waals surface area contributed by atoms with Crippen LogP contribution in [0.15, 0.2) is 0 Å². The molecule has 4 saturated carbocycles. The van der Waals surface area contributed by atoms with Crippen LogP contribution in [-0.4, -0.2) is 7.85 Å². The van der Waals surface area contributed by atoms with Gasteiger partial charge >= 0.3 is 0 Å². The number of hydrogen-bond donors (Lipinski definition) is 0. The molecule has 0 nitrogen and oxygen atoms in total. The van der Waals surface area contributed by atoms with E-state index in [9.17, 15) is 0 Å². The lowest BCUT2D eigenvalue weighted by atomic mass is 9.42. The molecule has 10 unspecified atom stereocenters. The molecule has 0 heterocycles. The first kappa shape index (κ1) is 14.6. The monoisotopic (exact) mass is 284 g/mol. The second kappa shape index (κ2) is 4.12. The Morgan fingerprint density at radius 2 is 1.71 bits per heavy atom. The number of hydrogen-bond acceptors (Lipinski definition) is 0. The minimum atomic E-state index is 0.01000. The Kier molecular flexibility index (Phi) is 2.87. The van der Waals surface area contributed by atoms with Crippen molar-refractivity contribution in [2.75, 3.05) is 0 Å². The van der Waals surface area contributed by atoms with E-state index in [1.54, 1.807) is 0 Å². The molecule has 0 aromatic rings. The highest BCUT2D eigenvalue weighted by Gasteiger charge is 2.74. The topological polar surface area (TPSA) is 0 Å². The maximum Gasteiger partial charge on any atom is 0.0738 e. The van der Waals surface area contributed by atoms with Gasteiger partial charge in [-0.25, -0.2) is 0 Å². The third-order valence-corrected chi connectivity index (χ3v) is 8.54. The second-order valence-corrected chi connectivity index (χ2v) is 10.5. The largest absolute Gasteiger partial charge is 0.0738 e. The summed E-state index contributed by atoms with van der Waals surface area (Å²) in [7, 11) is 6.39. The van der Waals surface area contributed by atoms with Gasteiger partial charge in [-0.3, -0.25) is 0 Å². The van der Waals surface area contributed by atoms with Crippen LogP contribution in [0.3, 0.4) is 0 Å². The molecule has 116 valence electrons. The molecule has 0 N–H and O–H groups in total. The Morgan fingerprint density at radius 1 is 1.05 bits per heavy atom. The van der Waals surface area contributed by atoms with Gasteiger partial charge in [0.25, 0.3) is 0 Å². The van der Waals surface area contributed by atoms with Crippen molar-refractivity contribution >= 4 is 7.85 Å². The summed E-state index contributed by atoms with van der Waals surface area (Å²) in [6.45, 7) is 14.8. The molecule has 4 rings (SSSR count). The average molecular weight is 284 g/mol. The molecule has 0 saturated heterocycles. The molecule has 10 atom stereocenters. The zero-order chi connectivity index (χ0) is 15.3. The summed E-state index contributed by atoms with van der Waals surface area (Å²) in [5, 5.41) is 0.01000. The van der Waals surface area contributed by atoms with Crippen LogP contribution in [0.4, 0.5) is 0 Å². The fourth-order valence-corrected chi connectivity index (χ4v) is 8.52. The molecule has 2 bridgehead atoms. The number of fused-ring (bicyclic) bond motifs is 8. The minimum absolute atomic E-state index is 0.01000. The molecule has 1 heteroatoms. The summed E-state index contributed by atoms with van der Waals surface area (Å²) in [4.78, 5) is 0. The molecule has 4 fully saturated rings. The van der Waals surface area contributed by atoms with Crippen LogP contribution in [0.25, 0.3) is 0 Å². The third-order valence-electron chi connectivity index (χ3n) is 8.54. The Bertz CT molecular complexity index is 449. The quantitative estimate of drug-likeness (QED) is 0.612. The average Bonchev–Trinajstić information content (AvgIpc) is 2.90.